The molecule has 0 saturated heterocycles. The van der Waals surface area contributed by atoms with Crippen molar-refractivity contribution in [1.82, 2.24) is 14.9 Å². The van der Waals surface area contributed by atoms with Crippen LogP contribution in [0.5, 0.6) is 0 Å². The van der Waals surface area contributed by atoms with Crippen LogP contribution in [0.15, 0.2) is 53.3 Å². The Hall–Kier alpha value is -2.14. The highest BCUT2D eigenvalue weighted by atomic mass is 79.9. The van der Waals surface area contributed by atoms with Gasteiger partial charge in [-0.25, -0.2) is 0 Å². The molecule has 0 radical (unpaired) electrons. The fraction of sp³-hybridized carbons (Fsp3) is 0.222. The summed E-state index contributed by atoms with van der Waals surface area (Å²) in [6, 6.07) is 12.3. The molecule has 2 aromatic heterocycles. The van der Waals surface area contributed by atoms with Crippen LogP contribution in [-0.4, -0.2) is 22.0 Å². The summed E-state index contributed by atoms with van der Waals surface area (Å²) in [7, 11) is 0. The Morgan fingerprint density at radius 2 is 2.09 bits per heavy atom. The van der Waals surface area contributed by atoms with E-state index in [1.54, 1.807) is 18.5 Å². The van der Waals surface area contributed by atoms with Gasteiger partial charge in [0.05, 0.1) is 5.56 Å². The average Bonchev–Trinajstić information content (AvgIpc) is 2.87. The normalized spacial score (nSPS) is 10.9. The third-order valence-electron chi connectivity index (χ3n) is 3.83. The molecule has 3 aromatic rings. The highest BCUT2D eigenvalue weighted by Crippen LogP contribution is 2.19. The molecular formula is C18H18BrN3O. The second-order valence-corrected chi connectivity index (χ2v) is 6.41. The minimum absolute atomic E-state index is 0.0899. The zero-order chi connectivity index (χ0) is 16.2. The fourth-order valence-electron chi connectivity index (χ4n) is 2.72. The molecule has 3 rings (SSSR count). The largest absolute Gasteiger partial charge is 0.352 e. The Bertz CT molecular complexity index is 841. The van der Waals surface area contributed by atoms with Gasteiger partial charge in [-0.1, -0.05) is 18.2 Å². The van der Waals surface area contributed by atoms with Crippen LogP contribution in [0.4, 0.5) is 0 Å². The molecule has 1 aromatic carbocycles. The lowest BCUT2D eigenvalue weighted by atomic mass is 10.2. The molecular weight excluding hydrogens is 354 g/mol. The number of nitrogens with zero attached hydrogens (tertiary/aromatic N) is 2. The molecule has 118 valence electrons. The quantitative estimate of drug-likeness (QED) is 0.690. The predicted molar refractivity (Wildman–Crippen MR) is 95.6 cm³/mol. The second-order valence-electron chi connectivity index (χ2n) is 5.50. The summed E-state index contributed by atoms with van der Waals surface area (Å²) in [5, 5.41) is 4.20. The molecule has 5 heteroatoms. The SMILES string of the molecule is Cc1cc2ccccc2n1CCCNC(=O)c1cncc(Br)c1. The van der Waals surface area contributed by atoms with E-state index in [1.807, 2.05) is 0 Å². The number of hydrogen-bond donors (Lipinski definition) is 1. The first-order chi connectivity index (χ1) is 11.1. The number of nitrogens with one attached hydrogen (secondary N) is 1. The number of rotatable bonds is 5. The second kappa shape index (κ2) is 6.96. The number of aromatic nitrogens is 2. The molecule has 1 amide bonds. The first-order valence-electron chi connectivity index (χ1n) is 7.59. The van der Waals surface area contributed by atoms with E-state index >= 15 is 0 Å². The van der Waals surface area contributed by atoms with Crippen molar-refractivity contribution in [1.29, 1.82) is 0 Å². The number of aryl methyl sites for hydroxylation is 2. The molecule has 0 atom stereocenters. The topological polar surface area (TPSA) is 46.9 Å². The molecule has 2 heterocycles. The fourth-order valence-corrected chi connectivity index (χ4v) is 3.09. The Balaban J connectivity index is 1.57. The van der Waals surface area contributed by atoms with Crippen LogP contribution in [0.2, 0.25) is 0 Å². The Morgan fingerprint density at radius 3 is 2.91 bits per heavy atom. The number of halogens is 1. The van der Waals surface area contributed by atoms with Crippen molar-refractivity contribution in [3.8, 4) is 0 Å². The summed E-state index contributed by atoms with van der Waals surface area (Å²) >= 11 is 3.32. The number of fused-ring (bicyclic) bond motifs is 1. The Labute approximate surface area is 143 Å². The van der Waals surface area contributed by atoms with E-state index in [1.165, 1.54) is 16.6 Å². The van der Waals surface area contributed by atoms with Gasteiger partial charge in [0.15, 0.2) is 0 Å². The van der Waals surface area contributed by atoms with E-state index in [0.717, 1.165) is 17.4 Å². The van der Waals surface area contributed by atoms with Gasteiger partial charge in [-0.3, -0.25) is 9.78 Å². The summed E-state index contributed by atoms with van der Waals surface area (Å²) in [6.07, 6.45) is 4.12. The average molecular weight is 372 g/mol. The molecule has 0 fully saturated rings. The molecule has 0 aliphatic heterocycles. The Morgan fingerprint density at radius 1 is 1.26 bits per heavy atom. The first kappa shape index (κ1) is 15.7. The molecule has 1 N–H and O–H groups in total. The van der Waals surface area contributed by atoms with Crippen LogP contribution < -0.4 is 5.32 Å². The van der Waals surface area contributed by atoms with Gasteiger partial charge >= 0.3 is 0 Å². The predicted octanol–water partition coefficient (Wildman–Crippen LogP) is 3.93. The van der Waals surface area contributed by atoms with Gasteiger partial charge in [-0.15, -0.1) is 0 Å². The van der Waals surface area contributed by atoms with Crippen molar-refractivity contribution in [2.24, 2.45) is 0 Å². The van der Waals surface area contributed by atoms with Crippen molar-refractivity contribution in [2.45, 2.75) is 19.9 Å². The zero-order valence-corrected chi connectivity index (χ0v) is 14.5. The summed E-state index contributed by atoms with van der Waals surface area (Å²) in [6.45, 7) is 3.64. The molecule has 0 unspecified atom stereocenters. The van der Waals surface area contributed by atoms with E-state index in [9.17, 15) is 4.79 Å². The lowest BCUT2D eigenvalue weighted by Gasteiger charge is -2.09. The number of para-hydroxylation sites is 1. The molecule has 0 aliphatic carbocycles. The van der Waals surface area contributed by atoms with Crippen LogP contribution >= 0.6 is 15.9 Å². The van der Waals surface area contributed by atoms with Gasteiger partial charge in [0, 0.05) is 41.2 Å². The highest BCUT2D eigenvalue weighted by molar-refractivity contribution is 9.10. The van der Waals surface area contributed by atoms with Gasteiger partial charge in [-0.2, -0.15) is 0 Å². The van der Waals surface area contributed by atoms with E-state index in [4.69, 9.17) is 0 Å². The van der Waals surface area contributed by atoms with Gasteiger partial charge in [0.2, 0.25) is 0 Å². The number of carbonyl (C=O) groups excluding carboxylic acids is 1. The number of amides is 1. The molecule has 0 saturated carbocycles. The van der Waals surface area contributed by atoms with Crippen LogP contribution in [-0.2, 0) is 6.54 Å². The summed E-state index contributed by atoms with van der Waals surface area (Å²) in [5.41, 5.74) is 3.06. The lowest BCUT2D eigenvalue weighted by Crippen LogP contribution is -2.25. The van der Waals surface area contributed by atoms with E-state index in [0.29, 0.717) is 12.1 Å². The van der Waals surface area contributed by atoms with Crippen LogP contribution in [0, 0.1) is 6.92 Å². The summed E-state index contributed by atoms with van der Waals surface area (Å²) in [4.78, 5) is 16.1. The van der Waals surface area contributed by atoms with E-state index in [2.05, 4.69) is 68.1 Å². The van der Waals surface area contributed by atoms with Crippen molar-refractivity contribution < 1.29 is 4.79 Å². The van der Waals surface area contributed by atoms with Crippen molar-refractivity contribution in [2.75, 3.05) is 6.54 Å². The molecule has 0 spiro atoms. The smallest absolute Gasteiger partial charge is 0.252 e. The van der Waals surface area contributed by atoms with Crippen molar-refractivity contribution in [3.05, 3.63) is 64.5 Å². The third-order valence-corrected chi connectivity index (χ3v) is 4.26. The first-order valence-corrected chi connectivity index (χ1v) is 8.38. The standard InChI is InChI=1S/C18H18BrN3O/c1-13-9-14-5-2-3-6-17(14)22(13)8-4-7-21-18(23)15-10-16(19)12-20-11-15/h2-3,5-6,9-12H,4,7-8H2,1H3,(H,21,23). The number of carbonyl (C=O) groups is 1. The zero-order valence-electron chi connectivity index (χ0n) is 12.9. The maximum atomic E-state index is 12.1. The minimum Gasteiger partial charge on any atom is -0.352 e. The monoisotopic (exact) mass is 371 g/mol. The van der Waals surface area contributed by atoms with Crippen LogP contribution in [0.3, 0.4) is 0 Å². The van der Waals surface area contributed by atoms with Gasteiger partial charge < -0.3 is 9.88 Å². The van der Waals surface area contributed by atoms with Crippen molar-refractivity contribution in [3.63, 3.8) is 0 Å². The molecule has 0 aliphatic rings. The summed E-state index contributed by atoms with van der Waals surface area (Å²) in [5.74, 6) is -0.0899. The summed E-state index contributed by atoms with van der Waals surface area (Å²) < 4.78 is 3.10. The van der Waals surface area contributed by atoms with Gasteiger partial charge in [0.25, 0.3) is 5.91 Å². The maximum Gasteiger partial charge on any atom is 0.252 e. The van der Waals surface area contributed by atoms with Crippen LogP contribution in [0.1, 0.15) is 22.5 Å². The lowest BCUT2D eigenvalue weighted by molar-refractivity contribution is 0.0952. The van der Waals surface area contributed by atoms with Gasteiger partial charge in [-0.05, 0) is 52.9 Å². The van der Waals surface area contributed by atoms with Crippen molar-refractivity contribution >= 4 is 32.7 Å². The minimum atomic E-state index is -0.0899. The molecule has 0 bridgehead atoms. The number of pyridine rings is 1. The number of hydrogen-bond acceptors (Lipinski definition) is 2. The Kier molecular flexibility index (Phi) is 4.76. The molecule has 23 heavy (non-hydrogen) atoms. The highest BCUT2D eigenvalue weighted by Gasteiger charge is 2.07. The third kappa shape index (κ3) is 3.62. The maximum absolute atomic E-state index is 12.1. The van der Waals surface area contributed by atoms with Gasteiger partial charge in [0.1, 0.15) is 0 Å². The van der Waals surface area contributed by atoms with Crippen LogP contribution in [0.25, 0.3) is 10.9 Å². The van der Waals surface area contributed by atoms with E-state index < -0.39 is 0 Å². The van der Waals surface area contributed by atoms with E-state index in [-0.39, 0.29) is 5.91 Å². The number of benzene rings is 1. The molecule has 4 nitrogen and oxygen atoms in total.